The maximum Gasteiger partial charge on any atom is -1.00 e. The molecule has 0 aliphatic carbocycles. The van der Waals surface area contributed by atoms with E-state index < -0.39 is 0 Å². The Hall–Kier alpha value is 1.11. The summed E-state index contributed by atoms with van der Waals surface area (Å²) in [7, 11) is 0. The van der Waals surface area contributed by atoms with Gasteiger partial charge >= 0.3 is 54.2 Å². The quantitative estimate of drug-likeness (QED) is 0.391. The average molecular weight is 183 g/mol. The number of rotatable bonds is 3. The van der Waals surface area contributed by atoms with E-state index in [1.165, 1.54) is 18.1 Å². The van der Waals surface area contributed by atoms with Crippen LogP contribution in [0.3, 0.4) is 0 Å². The molecule has 0 saturated carbocycles. The van der Waals surface area contributed by atoms with Crippen LogP contribution in [0.1, 0.15) is 26.7 Å². The molecule has 0 amide bonds. The van der Waals surface area contributed by atoms with E-state index in [4.69, 9.17) is 0 Å². The molecule has 0 aromatic carbocycles. The zero-order valence-electron chi connectivity index (χ0n) is 6.03. The van der Waals surface area contributed by atoms with Gasteiger partial charge in [0, 0.05) is 0 Å². The number of hydrogen-bond acceptors (Lipinski definition) is 0. The zero-order chi connectivity index (χ0) is 5.70. The minimum atomic E-state index is 0. The summed E-state index contributed by atoms with van der Waals surface area (Å²) in [5.41, 5.74) is 0. The summed E-state index contributed by atoms with van der Waals surface area (Å²) in [5.74, 6) is 0.912. The molecule has 0 rings (SSSR count). The Morgan fingerprint density at radius 2 is 1.78 bits per heavy atom. The fourth-order valence-corrected chi connectivity index (χ4v) is 0.846. The molecule has 0 aromatic rings. The topological polar surface area (TPSA) is 0 Å². The van der Waals surface area contributed by atoms with E-state index in [2.05, 4.69) is 30.1 Å². The minimum absolute atomic E-state index is 0. The van der Waals surface area contributed by atoms with Crippen molar-refractivity contribution in [2.24, 2.45) is 5.92 Å². The van der Waals surface area contributed by atoms with Crippen LogP contribution in [0.4, 0.5) is 0 Å². The molecule has 1 atom stereocenters. The van der Waals surface area contributed by atoms with E-state index >= 15 is 0 Å². The van der Waals surface area contributed by atoms with Crippen molar-refractivity contribution in [1.82, 2.24) is 0 Å². The summed E-state index contributed by atoms with van der Waals surface area (Å²) >= 11 is 2.77. The molecule has 3 heteroatoms. The third kappa shape index (κ3) is 12.3. The van der Waals surface area contributed by atoms with Crippen LogP contribution in [0.15, 0.2) is 0 Å². The first-order valence-corrected chi connectivity index (χ1v) is 3.83. The Labute approximate surface area is 79.0 Å². The van der Waals surface area contributed by atoms with Gasteiger partial charge in [0.25, 0.3) is 0 Å². The molecule has 0 heterocycles. The molecular formula is C6H13AlCl2. The molecular weight excluding hydrogens is 170 g/mol. The second kappa shape index (κ2) is 11.9. The molecule has 0 radical (unpaired) electrons. The van der Waals surface area contributed by atoms with Gasteiger partial charge in [-0.25, -0.2) is 0 Å². The van der Waals surface area contributed by atoms with Crippen molar-refractivity contribution in [2.45, 2.75) is 32.0 Å². The number of hydrogen-bond donors (Lipinski definition) is 0. The van der Waals surface area contributed by atoms with Crippen molar-refractivity contribution >= 4 is 16.3 Å². The first-order valence-electron chi connectivity index (χ1n) is 3.01. The predicted molar refractivity (Wildman–Crippen MR) is 34.6 cm³/mol. The first-order chi connectivity index (χ1) is 3.31. The van der Waals surface area contributed by atoms with E-state index in [1.54, 1.807) is 0 Å². The molecule has 9 heavy (non-hydrogen) atoms. The monoisotopic (exact) mass is 182 g/mol. The molecule has 1 unspecified atom stereocenters. The summed E-state index contributed by atoms with van der Waals surface area (Å²) in [6, 6.07) is 0. The second-order valence-electron chi connectivity index (χ2n) is 2.13. The zero-order valence-corrected chi connectivity index (χ0v) is 8.70. The van der Waals surface area contributed by atoms with Gasteiger partial charge in [0.15, 0.2) is 0 Å². The number of halogens is 2. The second-order valence-corrected chi connectivity index (χ2v) is 2.60. The van der Waals surface area contributed by atoms with Crippen LogP contribution < -0.4 is 24.8 Å². The summed E-state index contributed by atoms with van der Waals surface area (Å²) in [4.78, 5) is 0. The Bertz CT molecular complexity index is 42.0. The van der Waals surface area contributed by atoms with Gasteiger partial charge in [0.1, 0.15) is 0 Å². The van der Waals surface area contributed by atoms with Crippen molar-refractivity contribution in [3.63, 3.8) is 0 Å². The van der Waals surface area contributed by atoms with Crippen molar-refractivity contribution in [3.8, 4) is 0 Å². The molecule has 0 aromatic heterocycles. The van der Waals surface area contributed by atoms with E-state index in [0.717, 1.165) is 5.92 Å². The first kappa shape index (κ1) is 16.6. The van der Waals surface area contributed by atoms with E-state index in [1.807, 2.05) is 0 Å². The molecule has 0 N–H and O–H groups in total. The van der Waals surface area contributed by atoms with Gasteiger partial charge in [-0.3, -0.25) is 0 Å². The van der Waals surface area contributed by atoms with Gasteiger partial charge in [-0.15, -0.1) is 0 Å². The van der Waals surface area contributed by atoms with E-state index in [0.29, 0.717) is 0 Å². The molecule has 0 nitrogen and oxygen atoms in total. The third-order valence-corrected chi connectivity index (χ3v) is 1.99. The van der Waals surface area contributed by atoms with Gasteiger partial charge in [-0.05, 0) is 0 Å². The minimum Gasteiger partial charge on any atom is -1.00 e. The predicted octanol–water partition coefficient (Wildman–Crippen LogP) is -3.98. The largest absolute Gasteiger partial charge is 1.00 e. The van der Waals surface area contributed by atoms with Gasteiger partial charge in [-0.1, -0.05) is 0 Å². The summed E-state index contributed by atoms with van der Waals surface area (Å²) < 4.78 is 0. The normalized spacial score (nSPS) is 11.1. The van der Waals surface area contributed by atoms with Gasteiger partial charge in [0.05, 0.1) is 0 Å². The van der Waals surface area contributed by atoms with Crippen LogP contribution in [-0.4, -0.2) is 16.3 Å². The van der Waals surface area contributed by atoms with E-state index in [-0.39, 0.29) is 24.8 Å². The van der Waals surface area contributed by atoms with Crippen molar-refractivity contribution < 1.29 is 24.8 Å². The van der Waals surface area contributed by atoms with Gasteiger partial charge < -0.3 is 24.8 Å². The maximum atomic E-state index is 2.77. The van der Waals surface area contributed by atoms with Crippen LogP contribution in [-0.2, 0) is 0 Å². The van der Waals surface area contributed by atoms with Crippen molar-refractivity contribution in [2.75, 3.05) is 0 Å². The average Bonchev–Trinajstić information content (AvgIpc) is 1.68. The standard InChI is InChI=1S/C6H13.Al.2ClH/c1-4-5-6(2)3;;;/h6H,2,4-5H2,1,3H3;;2*1H/q;+2;;/p-2. The van der Waals surface area contributed by atoms with Crippen molar-refractivity contribution in [1.29, 1.82) is 0 Å². The molecule has 0 aliphatic heterocycles. The van der Waals surface area contributed by atoms with Crippen LogP contribution in [0.5, 0.6) is 0 Å². The summed E-state index contributed by atoms with van der Waals surface area (Å²) in [6.45, 7) is 4.52. The Balaban J connectivity index is -0.000000180. The Morgan fingerprint density at radius 3 is 1.89 bits per heavy atom. The van der Waals surface area contributed by atoms with E-state index in [9.17, 15) is 0 Å². The van der Waals surface area contributed by atoms with Crippen LogP contribution in [0, 0.1) is 5.92 Å². The molecule has 0 aliphatic rings. The Morgan fingerprint density at radius 1 is 1.33 bits per heavy atom. The van der Waals surface area contributed by atoms with Crippen LogP contribution in [0.25, 0.3) is 0 Å². The maximum absolute atomic E-state index is 2.77. The molecule has 0 fully saturated rings. The molecule has 54 valence electrons. The third-order valence-electron chi connectivity index (χ3n) is 1.18. The van der Waals surface area contributed by atoms with Gasteiger partial charge in [0.2, 0.25) is 0 Å². The van der Waals surface area contributed by atoms with Crippen LogP contribution >= 0.6 is 0 Å². The van der Waals surface area contributed by atoms with Crippen LogP contribution in [0.2, 0.25) is 5.28 Å². The van der Waals surface area contributed by atoms with Gasteiger partial charge in [-0.2, -0.15) is 0 Å². The summed E-state index contributed by atoms with van der Waals surface area (Å²) in [6.07, 6.45) is 2.71. The fourth-order valence-electron chi connectivity index (χ4n) is 0.611. The smallest absolute Gasteiger partial charge is 1.00 e. The molecule has 0 spiro atoms. The SMILES string of the molecule is CCCC(C)[CH2][Al+2].[Cl-].[Cl-]. The molecule has 0 saturated heterocycles. The fraction of sp³-hybridized carbons (Fsp3) is 1.00. The summed E-state index contributed by atoms with van der Waals surface area (Å²) in [5, 5.41) is 1.26. The molecule has 0 bridgehead atoms. The van der Waals surface area contributed by atoms with Crippen molar-refractivity contribution in [3.05, 3.63) is 0 Å². The Kier molecular flexibility index (Phi) is 21.9.